The molecular weight excluding hydrogens is 637 g/mol. The van der Waals surface area contributed by atoms with Gasteiger partial charge in [0.05, 0.1) is 0 Å². The van der Waals surface area contributed by atoms with Gasteiger partial charge in [-0.3, -0.25) is 20.2 Å². The van der Waals surface area contributed by atoms with Crippen molar-refractivity contribution < 1.29 is 9.85 Å². The van der Waals surface area contributed by atoms with Gasteiger partial charge in [0.2, 0.25) is 7.59 Å². The number of benzene rings is 1. The van der Waals surface area contributed by atoms with E-state index in [1.54, 1.807) is 6.07 Å². The highest BCUT2D eigenvalue weighted by atomic mass is 79.9. The molecule has 0 aliphatic carbocycles. The highest BCUT2D eigenvalue weighted by Gasteiger charge is 2.45. The first kappa shape index (κ1) is 26.4. The Hall–Kier alpha value is 0.320. The van der Waals surface area contributed by atoms with Gasteiger partial charge >= 0.3 is 0 Å². The largest absolute Gasteiger partial charge is 0.371 e. The summed E-state index contributed by atoms with van der Waals surface area (Å²) in [6.07, 6.45) is 0. The van der Waals surface area contributed by atoms with E-state index >= 15 is 0 Å². The highest BCUT2D eigenvalue weighted by molar-refractivity contribution is 9.09. The summed E-state index contributed by atoms with van der Waals surface area (Å²) in [5.74, 6) is 0. The monoisotopic (exact) mass is 642 g/mol. The lowest BCUT2D eigenvalue weighted by Gasteiger charge is -2.28. The fourth-order valence-electron chi connectivity index (χ4n) is 1.91. The summed E-state index contributed by atoms with van der Waals surface area (Å²) < 4.78 is -4.06. The van der Waals surface area contributed by atoms with Crippen molar-refractivity contribution in [2.45, 2.75) is 29.6 Å². The quantitative estimate of drug-likeness (QED) is 0.156. The van der Waals surface area contributed by atoms with Crippen LogP contribution in [0.2, 0.25) is 0 Å². The summed E-state index contributed by atoms with van der Waals surface area (Å²) in [6.45, 7) is 0. The molecule has 0 fully saturated rings. The Labute approximate surface area is 206 Å². The Morgan fingerprint density at radius 2 is 1.14 bits per heavy atom. The number of nitro groups is 2. The molecule has 0 saturated heterocycles. The first-order valence-corrected chi connectivity index (χ1v) is 11.1. The minimum absolute atomic E-state index is 0.308. The first-order valence-electron chi connectivity index (χ1n) is 6.96. The van der Waals surface area contributed by atoms with Crippen molar-refractivity contribution in [3.05, 3.63) is 44.5 Å². The molecule has 1 rings (SSSR count). The molecule has 1 aromatic rings. The summed E-state index contributed by atoms with van der Waals surface area (Å²) in [6, 6.07) is 3.56. The third kappa shape index (κ3) is 7.86. The van der Waals surface area contributed by atoms with E-state index < -0.39 is 39.4 Å². The predicted octanol–water partition coefficient (Wildman–Crippen LogP) is 5.98. The van der Waals surface area contributed by atoms with Gasteiger partial charge in [0.25, 0.3) is 9.90 Å². The molecule has 1 aromatic carbocycles. The van der Waals surface area contributed by atoms with Crippen LogP contribution in [-0.2, 0) is 0 Å². The van der Waals surface area contributed by atoms with Crippen molar-refractivity contribution >= 4 is 113 Å². The number of nitrogens with one attached hydrogen (secondary N) is 2. The molecule has 2 N–H and O–H groups in total. The van der Waals surface area contributed by atoms with Crippen LogP contribution in [0.3, 0.4) is 0 Å². The number of nitrogens with zero attached hydrogens (tertiary/aromatic N) is 2. The van der Waals surface area contributed by atoms with Crippen molar-refractivity contribution in [2.24, 2.45) is 0 Å². The summed E-state index contributed by atoms with van der Waals surface area (Å²) in [4.78, 5) is 17.9. The zero-order chi connectivity index (χ0) is 21.9. The van der Waals surface area contributed by atoms with Crippen LogP contribution >= 0.6 is 101 Å². The average molecular weight is 647 g/mol. The molecule has 0 spiro atoms. The number of hydrogen-bond donors (Lipinski definition) is 2. The molecule has 8 nitrogen and oxygen atoms in total. The summed E-state index contributed by atoms with van der Waals surface area (Å²) in [5, 5.41) is 27.6. The second kappa shape index (κ2) is 10.6. The Kier molecular flexibility index (Phi) is 9.95. The molecule has 0 aromatic heterocycles. The third-order valence-corrected chi connectivity index (χ3v) is 6.30. The van der Waals surface area contributed by atoms with Crippen LogP contribution < -0.4 is 10.6 Å². The molecule has 0 aliphatic heterocycles. The molecular formula is C12H10Br2Cl6N4O4. The highest BCUT2D eigenvalue weighted by Crippen LogP contribution is 2.38. The Morgan fingerprint density at radius 1 is 0.821 bits per heavy atom. The van der Waals surface area contributed by atoms with Gasteiger partial charge in [0.1, 0.15) is 0 Å². The number of anilines is 2. The van der Waals surface area contributed by atoms with E-state index in [-0.39, 0.29) is 0 Å². The maximum absolute atomic E-state index is 11.1. The molecule has 16 heteroatoms. The van der Waals surface area contributed by atoms with E-state index in [0.717, 1.165) is 0 Å². The van der Waals surface area contributed by atoms with Gasteiger partial charge in [0, 0.05) is 21.2 Å². The first-order chi connectivity index (χ1) is 12.6. The smallest absolute Gasteiger partial charge is 0.289 e. The van der Waals surface area contributed by atoms with E-state index in [1.807, 2.05) is 0 Å². The maximum atomic E-state index is 11.1. The van der Waals surface area contributed by atoms with Crippen molar-refractivity contribution in [2.75, 3.05) is 10.6 Å². The lowest BCUT2D eigenvalue weighted by atomic mass is 10.2. The summed E-state index contributed by atoms with van der Waals surface area (Å²) >= 11 is 40.7. The lowest BCUT2D eigenvalue weighted by Crippen LogP contribution is -2.45. The second-order valence-electron chi connectivity index (χ2n) is 5.22. The second-order valence-corrected chi connectivity index (χ2v) is 11.8. The van der Waals surface area contributed by atoms with Crippen LogP contribution in [0.4, 0.5) is 11.4 Å². The van der Waals surface area contributed by atoms with Gasteiger partial charge in [-0.2, -0.15) is 0 Å². The molecule has 0 aliphatic rings. The molecule has 28 heavy (non-hydrogen) atoms. The Bertz CT molecular complexity index is 665. The molecule has 0 heterocycles. The standard InChI is InChI=1S/C12H10Br2Cl6N4O4/c13-9(23(25)26)7(11(15,16)17)21-5-2-1-3-6(4-5)22-8(12(18,19)20)10(14)24(27)28/h1-4,7-10,21-22H. The van der Waals surface area contributed by atoms with Crippen LogP contribution in [-0.4, -0.2) is 39.4 Å². The van der Waals surface area contributed by atoms with Gasteiger partial charge in [-0.05, 0) is 50.1 Å². The van der Waals surface area contributed by atoms with Crippen LogP contribution in [0.25, 0.3) is 0 Å². The molecule has 0 radical (unpaired) electrons. The SMILES string of the molecule is O=[N+]([O-])C(Br)C(Nc1cccc(NC(C(Br)[N+](=O)[O-])C(Cl)(Cl)Cl)c1)C(Cl)(Cl)Cl. The summed E-state index contributed by atoms with van der Waals surface area (Å²) in [7, 11) is 0. The van der Waals surface area contributed by atoms with Gasteiger partial charge in [0.15, 0.2) is 12.1 Å². The zero-order valence-electron chi connectivity index (χ0n) is 13.2. The van der Waals surface area contributed by atoms with E-state index in [4.69, 9.17) is 69.6 Å². The van der Waals surface area contributed by atoms with Crippen LogP contribution in [0.15, 0.2) is 24.3 Å². The van der Waals surface area contributed by atoms with E-state index in [2.05, 4.69) is 42.5 Å². The minimum atomic E-state index is -2.03. The number of halogens is 8. The van der Waals surface area contributed by atoms with Crippen molar-refractivity contribution in [3.63, 3.8) is 0 Å². The zero-order valence-corrected chi connectivity index (χ0v) is 20.9. The molecule has 4 unspecified atom stereocenters. The van der Waals surface area contributed by atoms with Crippen LogP contribution in [0, 0.1) is 20.2 Å². The predicted molar refractivity (Wildman–Crippen MR) is 121 cm³/mol. The fourth-order valence-corrected chi connectivity index (χ4v) is 4.93. The van der Waals surface area contributed by atoms with Gasteiger partial charge in [-0.1, -0.05) is 75.7 Å². The molecule has 0 amide bonds. The van der Waals surface area contributed by atoms with Crippen molar-refractivity contribution in [3.8, 4) is 0 Å². The van der Waals surface area contributed by atoms with E-state index in [9.17, 15) is 20.2 Å². The molecule has 4 atom stereocenters. The topological polar surface area (TPSA) is 110 Å². The third-order valence-electron chi connectivity index (χ3n) is 3.17. The van der Waals surface area contributed by atoms with E-state index in [0.29, 0.717) is 11.4 Å². The molecule has 158 valence electrons. The van der Waals surface area contributed by atoms with Gasteiger partial charge in [-0.25, -0.2) is 0 Å². The molecule has 0 saturated carbocycles. The van der Waals surface area contributed by atoms with Crippen molar-refractivity contribution in [1.29, 1.82) is 0 Å². The Balaban J connectivity index is 3.13. The van der Waals surface area contributed by atoms with Gasteiger partial charge in [-0.15, -0.1) is 0 Å². The average Bonchev–Trinajstić information content (AvgIpc) is 2.54. The van der Waals surface area contributed by atoms with Crippen molar-refractivity contribution in [1.82, 2.24) is 0 Å². The summed E-state index contributed by atoms with van der Waals surface area (Å²) in [5.41, 5.74) is 0.617. The lowest BCUT2D eigenvalue weighted by molar-refractivity contribution is -0.494. The number of alkyl halides is 8. The van der Waals surface area contributed by atoms with Gasteiger partial charge < -0.3 is 10.6 Å². The van der Waals surface area contributed by atoms with E-state index in [1.165, 1.54) is 18.2 Å². The fraction of sp³-hybridized carbons (Fsp3) is 0.500. The normalized spacial score (nSPS) is 16.6. The van der Waals surface area contributed by atoms with Crippen LogP contribution in [0.1, 0.15) is 0 Å². The van der Waals surface area contributed by atoms with Crippen LogP contribution in [0.5, 0.6) is 0 Å². The number of hydrogen-bond acceptors (Lipinski definition) is 6. The maximum Gasteiger partial charge on any atom is 0.289 e. The number of rotatable bonds is 8. The minimum Gasteiger partial charge on any atom is -0.371 e. The Morgan fingerprint density at radius 3 is 1.39 bits per heavy atom. The molecule has 0 bridgehead atoms.